The van der Waals surface area contributed by atoms with E-state index in [-0.39, 0.29) is 12.0 Å². The Balaban J connectivity index is 1.64. The van der Waals surface area contributed by atoms with E-state index in [0.29, 0.717) is 19.1 Å². The van der Waals surface area contributed by atoms with Crippen LogP contribution in [0.4, 0.5) is 0 Å². The predicted molar refractivity (Wildman–Crippen MR) is 75.0 cm³/mol. The molecule has 2 fully saturated rings. The predicted octanol–water partition coefficient (Wildman–Crippen LogP) is 0.0689. The highest BCUT2D eigenvalue weighted by Gasteiger charge is 2.25. The van der Waals surface area contributed by atoms with Crippen molar-refractivity contribution in [1.82, 2.24) is 15.5 Å². The van der Waals surface area contributed by atoms with Crippen molar-refractivity contribution in [2.45, 2.75) is 26.4 Å². The van der Waals surface area contributed by atoms with Crippen LogP contribution in [0, 0.1) is 11.8 Å². The number of nitrogens with one attached hydrogen (secondary N) is 2. The molecule has 0 aromatic heterocycles. The monoisotopic (exact) mass is 269 g/mol. The number of carbonyl (C=O) groups excluding carboxylic acids is 1. The van der Waals surface area contributed by atoms with Gasteiger partial charge in [0.25, 0.3) is 0 Å². The molecule has 2 rings (SSSR count). The topological polar surface area (TPSA) is 53.6 Å². The van der Waals surface area contributed by atoms with Crippen molar-refractivity contribution in [3.8, 4) is 0 Å². The van der Waals surface area contributed by atoms with Gasteiger partial charge in [0.2, 0.25) is 5.91 Å². The molecule has 2 heterocycles. The number of nitrogens with zero attached hydrogens (tertiary/aromatic N) is 1. The van der Waals surface area contributed by atoms with Crippen molar-refractivity contribution < 1.29 is 9.53 Å². The second kappa shape index (κ2) is 7.22. The first-order chi connectivity index (χ1) is 9.15. The lowest BCUT2D eigenvalue weighted by Crippen LogP contribution is -2.48. The number of hydrogen-bond donors (Lipinski definition) is 2. The summed E-state index contributed by atoms with van der Waals surface area (Å²) in [6, 6.07) is 0. The third-order valence-corrected chi connectivity index (χ3v) is 3.78. The minimum absolute atomic E-state index is 0.0366. The molecule has 2 aliphatic heterocycles. The summed E-state index contributed by atoms with van der Waals surface area (Å²) < 4.78 is 5.44. The molecule has 2 saturated heterocycles. The Morgan fingerprint density at radius 3 is 3.05 bits per heavy atom. The van der Waals surface area contributed by atoms with E-state index in [2.05, 4.69) is 29.4 Å². The first kappa shape index (κ1) is 14.8. The molecule has 2 atom stereocenters. The number of amides is 1. The lowest BCUT2D eigenvalue weighted by atomic mass is 10.1. The highest BCUT2D eigenvalue weighted by atomic mass is 16.5. The summed E-state index contributed by atoms with van der Waals surface area (Å²) in [6.45, 7) is 10.8. The Hall–Kier alpha value is -0.650. The highest BCUT2D eigenvalue weighted by molar-refractivity contribution is 5.81. The van der Waals surface area contributed by atoms with Crippen molar-refractivity contribution in [2.24, 2.45) is 11.8 Å². The van der Waals surface area contributed by atoms with Gasteiger partial charge in [-0.3, -0.25) is 4.79 Å². The van der Waals surface area contributed by atoms with E-state index in [9.17, 15) is 4.79 Å². The van der Waals surface area contributed by atoms with E-state index in [1.807, 2.05) is 0 Å². The largest absolute Gasteiger partial charge is 0.366 e. The smallest absolute Gasteiger partial charge is 0.250 e. The maximum absolute atomic E-state index is 11.9. The number of likely N-dealkylation sites (tertiary alicyclic amines) is 1. The molecule has 2 N–H and O–H groups in total. The van der Waals surface area contributed by atoms with Crippen LogP contribution in [-0.2, 0) is 9.53 Å². The van der Waals surface area contributed by atoms with Crippen LogP contribution < -0.4 is 10.6 Å². The molecule has 5 heteroatoms. The van der Waals surface area contributed by atoms with Crippen LogP contribution in [0.3, 0.4) is 0 Å². The molecular formula is C14H27N3O2. The number of hydrogen-bond acceptors (Lipinski definition) is 4. The Bertz CT molecular complexity index is 290. The fourth-order valence-electron chi connectivity index (χ4n) is 2.85. The van der Waals surface area contributed by atoms with Crippen molar-refractivity contribution in [3.63, 3.8) is 0 Å². The zero-order valence-electron chi connectivity index (χ0n) is 12.2. The minimum Gasteiger partial charge on any atom is -0.366 e. The summed E-state index contributed by atoms with van der Waals surface area (Å²) in [5.41, 5.74) is 0. The highest BCUT2D eigenvalue weighted by Crippen LogP contribution is 2.16. The summed E-state index contributed by atoms with van der Waals surface area (Å²) in [4.78, 5) is 14.4. The summed E-state index contributed by atoms with van der Waals surface area (Å²) in [7, 11) is 0. The van der Waals surface area contributed by atoms with Crippen LogP contribution in [0.25, 0.3) is 0 Å². The first-order valence-corrected chi connectivity index (χ1v) is 7.47. The van der Waals surface area contributed by atoms with Crippen LogP contribution in [0.1, 0.15) is 20.3 Å². The first-order valence-electron chi connectivity index (χ1n) is 7.47. The van der Waals surface area contributed by atoms with Crippen molar-refractivity contribution in [1.29, 1.82) is 0 Å². The second-order valence-corrected chi connectivity index (χ2v) is 6.12. The molecular weight excluding hydrogens is 242 g/mol. The van der Waals surface area contributed by atoms with Crippen LogP contribution >= 0.6 is 0 Å². The van der Waals surface area contributed by atoms with Gasteiger partial charge in [0.1, 0.15) is 6.10 Å². The van der Waals surface area contributed by atoms with E-state index >= 15 is 0 Å². The van der Waals surface area contributed by atoms with Gasteiger partial charge >= 0.3 is 0 Å². The van der Waals surface area contributed by atoms with Crippen LogP contribution in [0.15, 0.2) is 0 Å². The van der Waals surface area contributed by atoms with Gasteiger partial charge in [-0.1, -0.05) is 13.8 Å². The molecule has 0 spiro atoms. The Kier molecular flexibility index (Phi) is 5.60. The van der Waals surface area contributed by atoms with E-state index in [1.165, 1.54) is 19.5 Å². The molecule has 0 bridgehead atoms. The van der Waals surface area contributed by atoms with Crippen molar-refractivity contribution in [3.05, 3.63) is 0 Å². The number of rotatable bonds is 5. The van der Waals surface area contributed by atoms with Crippen LogP contribution in [0.5, 0.6) is 0 Å². The number of carbonyl (C=O) groups is 1. The number of ether oxygens (including phenoxy) is 1. The zero-order valence-corrected chi connectivity index (χ0v) is 12.2. The van der Waals surface area contributed by atoms with Gasteiger partial charge in [-0.25, -0.2) is 0 Å². The van der Waals surface area contributed by atoms with Gasteiger partial charge in [0.15, 0.2) is 0 Å². The van der Waals surface area contributed by atoms with Gasteiger partial charge in [-0.2, -0.15) is 0 Å². The third-order valence-electron chi connectivity index (χ3n) is 3.78. The molecule has 110 valence electrons. The zero-order chi connectivity index (χ0) is 13.7. The number of morpholine rings is 1. The fourth-order valence-corrected chi connectivity index (χ4v) is 2.85. The standard InChI is InChI=1S/C14H27N3O2/c1-11(2)9-17-5-3-12(10-17)7-16-14(18)13-8-15-4-6-19-13/h11-13,15H,3-10H2,1-2H3,(H,16,18). The van der Waals surface area contributed by atoms with Crippen LogP contribution in [0.2, 0.25) is 0 Å². The van der Waals surface area contributed by atoms with Gasteiger partial charge in [0.05, 0.1) is 6.61 Å². The van der Waals surface area contributed by atoms with Crippen molar-refractivity contribution >= 4 is 5.91 Å². The van der Waals surface area contributed by atoms with Crippen LogP contribution in [-0.4, -0.2) is 62.8 Å². The summed E-state index contributed by atoms with van der Waals surface area (Å²) in [5.74, 6) is 1.35. The summed E-state index contributed by atoms with van der Waals surface area (Å²) in [5, 5.41) is 6.22. The fraction of sp³-hybridized carbons (Fsp3) is 0.929. The lowest BCUT2D eigenvalue weighted by Gasteiger charge is -2.23. The SMILES string of the molecule is CC(C)CN1CCC(CNC(=O)C2CNCCO2)C1. The van der Waals surface area contributed by atoms with Crippen molar-refractivity contribution in [2.75, 3.05) is 45.9 Å². The second-order valence-electron chi connectivity index (χ2n) is 6.12. The normalized spacial score (nSPS) is 28.8. The van der Waals surface area contributed by atoms with E-state index in [4.69, 9.17) is 4.74 Å². The average molecular weight is 269 g/mol. The van der Waals surface area contributed by atoms with Gasteiger partial charge < -0.3 is 20.3 Å². The molecule has 5 nitrogen and oxygen atoms in total. The van der Waals surface area contributed by atoms with Gasteiger partial charge in [-0.05, 0) is 24.8 Å². The molecule has 2 unspecified atom stereocenters. The molecule has 0 saturated carbocycles. The summed E-state index contributed by atoms with van der Waals surface area (Å²) >= 11 is 0. The summed E-state index contributed by atoms with van der Waals surface area (Å²) in [6.07, 6.45) is 0.887. The van der Waals surface area contributed by atoms with E-state index in [0.717, 1.165) is 25.6 Å². The molecule has 2 aliphatic rings. The Morgan fingerprint density at radius 2 is 2.37 bits per heavy atom. The Labute approximate surface area is 116 Å². The third kappa shape index (κ3) is 4.75. The minimum atomic E-state index is -0.304. The molecule has 19 heavy (non-hydrogen) atoms. The molecule has 0 aromatic carbocycles. The van der Waals surface area contributed by atoms with Gasteiger partial charge in [-0.15, -0.1) is 0 Å². The van der Waals surface area contributed by atoms with E-state index < -0.39 is 0 Å². The van der Waals surface area contributed by atoms with Gasteiger partial charge in [0, 0.05) is 32.7 Å². The lowest BCUT2D eigenvalue weighted by molar-refractivity contribution is -0.134. The quantitative estimate of drug-likeness (QED) is 0.741. The molecule has 0 aromatic rings. The average Bonchev–Trinajstić information content (AvgIpc) is 2.84. The molecule has 0 aliphatic carbocycles. The maximum atomic E-state index is 11.9. The maximum Gasteiger partial charge on any atom is 0.250 e. The molecule has 1 amide bonds. The van der Waals surface area contributed by atoms with E-state index in [1.54, 1.807) is 0 Å². The Morgan fingerprint density at radius 1 is 1.53 bits per heavy atom. The molecule has 0 radical (unpaired) electrons.